The highest BCUT2D eigenvalue weighted by atomic mass is 32.1. The zero-order valence-corrected chi connectivity index (χ0v) is 15.1. The third kappa shape index (κ3) is 2.25. The van der Waals surface area contributed by atoms with Gasteiger partial charge in [0, 0.05) is 31.8 Å². The number of thiophene rings is 1. The molecule has 0 saturated carbocycles. The molecule has 0 aliphatic rings. The van der Waals surface area contributed by atoms with Crippen LogP contribution in [0, 0.1) is 6.92 Å². The van der Waals surface area contributed by atoms with Gasteiger partial charge in [0.05, 0.1) is 11.0 Å². The van der Waals surface area contributed by atoms with Crippen LogP contribution in [0.1, 0.15) is 4.88 Å². The van der Waals surface area contributed by atoms with Crippen LogP contribution >= 0.6 is 11.3 Å². The first-order chi connectivity index (χ1) is 12.7. The van der Waals surface area contributed by atoms with E-state index in [1.54, 1.807) is 12.1 Å². The van der Waals surface area contributed by atoms with E-state index >= 15 is 0 Å². The van der Waals surface area contributed by atoms with Crippen LogP contribution < -0.4 is 0 Å². The van der Waals surface area contributed by atoms with Gasteiger partial charge in [-0.1, -0.05) is 36.4 Å². The van der Waals surface area contributed by atoms with Gasteiger partial charge >= 0.3 is 0 Å². The number of hydrogen-bond acceptors (Lipinski definition) is 2. The molecule has 0 bridgehead atoms. The molecule has 2 nitrogen and oxygen atoms in total. The predicted octanol–water partition coefficient (Wildman–Crippen LogP) is 6.53. The van der Waals surface area contributed by atoms with Gasteiger partial charge in [0.15, 0.2) is 0 Å². The van der Waals surface area contributed by atoms with Crippen molar-refractivity contribution in [1.82, 2.24) is 4.57 Å². The number of phenols is 1. The van der Waals surface area contributed by atoms with Crippen LogP contribution in [-0.2, 0) is 0 Å². The minimum atomic E-state index is 0.281. The molecule has 0 radical (unpaired) electrons. The lowest BCUT2D eigenvalue weighted by atomic mass is 10.1. The van der Waals surface area contributed by atoms with Crippen LogP contribution in [0.4, 0.5) is 0 Å². The Morgan fingerprint density at radius 1 is 0.769 bits per heavy atom. The standard InChI is InChI=1S/C23H17NOS/c1-15-9-14-22(26-15)20-7-4-6-19-18-5-2-3-8-21(18)24(23(19)20)16-10-12-17(25)13-11-16/h2-14,25H,1H3. The van der Waals surface area contributed by atoms with Crippen molar-refractivity contribution in [3.8, 4) is 21.9 Å². The number of fused-ring (bicyclic) bond motifs is 3. The van der Waals surface area contributed by atoms with Gasteiger partial charge in [0.2, 0.25) is 0 Å². The second-order valence-corrected chi connectivity index (χ2v) is 7.77. The summed E-state index contributed by atoms with van der Waals surface area (Å²) in [7, 11) is 0. The largest absolute Gasteiger partial charge is 0.508 e. The molecule has 26 heavy (non-hydrogen) atoms. The normalized spacial score (nSPS) is 11.4. The molecular formula is C23H17NOS. The minimum absolute atomic E-state index is 0.281. The zero-order valence-electron chi connectivity index (χ0n) is 14.3. The third-order valence-electron chi connectivity index (χ3n) is 4.81. The zero-order chi connectivity index (χ0) is 17.7. The highest BCUT2D eigenvalue weighted by molar-refractivity contribution is 7.15. The van der Waals surface area contributed by atoms with Gasteiger partial charge in [-0.15, -0.1) is 11.3 Å². The Morgan fingerprint density at radius 3 is 2.31 bits per heavy atom. The Kier molecular flexibility index (Phi) is 3.37. The fraction of sp³-hybridized carbons (Fsp3) is 0.0435. The van der Waals surface area contributed by atoms with Crippen LogP contribution in [0.5, 0.6) is 5.75 Å². The smallest absolute Gasteiger partial charge is 0.115 e. The molecule has 0 aliphatic heterocycles. The van der Waals surface area contributed by atoms with Gasteiger partial charge in [-0.3, -0.25) is 0 Å². The second-order valence-electron chi connectivity index (χ2n) is 6.48. The first kappa shape index (κ1) is 15.2. The van der Waals surface area contributed by atoms with Gasteiger partial charge in [-0.05, 0) is 49.4 Å². The van der Waals surface area contributed by atoms with Crippen molar-refractivity contribution < 1.29 is 5.11 Å². The molecule has 126 valence electrons. The Morgan fingerprint density at radius 2 is 1.54 bits per heavy atom. The van der Waals surface area contributed by atoms with Crippen molar-refractivity contribution in [3.05, 3.63) is 83.7 Å². The van der Waals surface area contributed by atoms with Crippen molar-refractivity contribution in [2.75, 3.05) is 0 Å². The van der Waals surface area contributed by atoms with E-state index in [4.69, 9.17) is 0 Å². The number of para-hydroxylation sites is 2. The van der Waals surface area contributed by atoms with E-state index in [9.17, 15) is 5.11 Å². The Bertz CT molecular complexity index is 1240. The number of aromatic nitrogens is 1. The van der Waals surface area contributed by atoms with E-state index < -0.39 is 0 Å². The number of aryl methyl sites for hydroxylation is 1. The maximum atomic E-state index is 9.71. The summed E-state index contributed by atoms with van der Waals surface area (Å²) in [6.07, 6.45) is 0. The topological polar surface area (TPSA) is 25.2 Å². The van der Waals surface area contributed by atoms with Gasteiger partial charge in [0.25, 0.3) is 0 Å². The summed E-state index contributed by atoms with van der Waals surface area (Å²) < 4.78 is 2.30. The number of nitrogens with zero attached hydrogens (tertiary/aromatic N) is 1. The third-order valence-corrected chi connectivity index (χ3v) is 5.84. The molecule has 3 heteroatoms. The lowest BCUT2D eigenvalue weighted by molar-refractivity contribution is 0.475. The van der Waals surface area contributed by atoms with Crippen LogP contribution in [0.3, 0.4) is 0 Å². The van der Waals surface area contributed by atoms with E-state index in [2.05, 4.69) is 66.1 Å². The maximum Gasteiger partial charge on any atom is 0.115 e. The van der Waals surface area contributed by atoms with Crippen LogP contribution in [-0.4, -0.2) is 9.67 Å². The molecular weight excluding hydrogens is 338 g/mol. The first-order valence-electron chi connectivity index (χ1n) is 8.61. The molecule has 5 aromatic rings. The average Bonchev–Trinajstić information content (AvgIpc) is 3.24. The van der Waals surface area contributed by atoms with Crippen LogP contribution in [0.2, 0.25) is 0 Å². The summed E-state index contributed by atoms with van der Waals surface area (Å²) in [5.74, 6) is 0.281. The van der Waals surface area contributed by atoms with Crippen molar-refractivity contribution in [3.63, 3.8) is 0 Å². The summed E-state index contributed by atoms with van der Waals surface area (Å²) in [5.41, 5.74) is 4.68. The fourth-order valence-electron chi connectivity index (χ4n) is 3.67. The lowest BCUT2D eigenvalue weighted by Crippen LogP contribution is -1.94. The van der Waals surface area contributed by atoms with Gasteiger partial charge in [0.1, 0.15) is 5.75 Å². The van der Waals surface area contributed by atoms with Crippen molar-refractivity contribution >= 4 is 33.1 Å². The number of benzene rings is 3. The molecule has 0 atom stereocenters. The van der Waals surface area contributed by atoms with Gasteiger partial charge < -0.3 is 9.67 Å². The number of hydrogen-bond donors (Lipinski definition) is 1. The Balaban J connectivity index is 1.96. The molecule has 0 fully saturated rings. The molecule has 5 rings (SSSR count). The van der Waals surface area contributed by atoms with E-state index in [0.29, 0.717) is 0 Å². The number of aromatic hydroxyl groups is 1. The first-order valence-corrected chi connectivity index (χ1v) is 9.42. The summed E-state index contributed by atoms with van der Waals surface area (Å²) in [4.78, 5) is 2.58. The predicted molar refractivity (Wildman–Crippen MR) is 110 cm³/mol. The molecule has 0 aliphatic carbocycles. The van der Waals surface area contributed by atoms with Gasteiger partial charge in [-0.2, -0.15) is 0 Å². The molecule has 2 aromatic heterocycles. The molecule has 0 unspecified atom stereocenters. The van der Waals surface area contributed by atoms with Crippen molar-refractivity contribution in [2.24, 2.45) is 0 Å². The quantitative estimate of drug-likeness (QED) is 0.383. The molecule has 3 aromatic carbocycles. The van der Waals surface area contributed by atoms with Crippen LogP contribution in [0.25, 0.3) is 37.9 Å². The lowest BCUT2D eigenvalue weighted by Gasteiger charge is -2.10. The monoisotopic (exact) mass is 355 g/mol. The SMILES string of the molecule is Cc1ccc(-c2cccc3c4ccccc4n(-c4ccc(O)cc4)c23)s1. The summed E-state index contributed by atoms with van der Waals surface area (Å²) in [6.45, 7) is 2.14. The molecule has 2 heterocycles. The van der Waals surface area contributed by atoms with E-state index in [1.807, 2.05) is 23.5 Å². The number of phenolic OH excluding ortho intramolecular Hbond substituents is 1. The van der Waals surface area contributed by atoms with E-state index in [1.165, 1.54) is 37.1 Å². The number of rotatable bonds is 2. The highest BCUT2D eigenvalue weighted by Gasteiger charge is 2.16. The molecule has 0 amide bonds. The Labute approximate surface area is 155 Å². The van der Waals surface area contributed by atoms with E-state index in [-0.39, 0.29) is 5.75 Å². The second kappa shape index (κ2) is 5.75. The van der Waals surface area contributed by atoms with Crippen molar-refractivity contribution in [2.45, 2.75) is 6.92 Å². The fourth-order valence-corrected chi connectivity index (χ4v) is 4.56. The van der Waals surface area contributed by atoms with Gasteiger partial charge in [-0.25, -0.2) is 0 Å². The summed E-state index contributed by atoms with van der Waals surface area (Å²) in [6, 6.07) is 26.8. The minimum Gasteiger partial charge on any atom is -0.508 e. The average molecular weight is 355 g/mol. The van der Waals surface area contributed by atoms with Crippen LogP contribution in [0.15, 0.2) is 78.9 Å². The summed E-state index contributed by atoms with van der Waals surface area (Å²) in [5, 5.41) is 12.2. The summed E-state index contributed by atoms with van der Waals surface area (Å²) >= 11 is 1.82. The van der Waals surface area contributed by atoms with E-state index in [0.717, 1.165) is 5.69 Å². The molecule has 0 spiro atoms. The maximum absolute atomic E-state index is 9.71. The van der Waals surface area contributed by atoms with Crippen molar-refractivity contribution in [1.29, 1.82) is 0 Å². The Hall–Kier alpha value is -3.04. The molecule has 1 N–H and O–H groups in total. The molecule has 0 saturated heterocycles. The highest BCUT2D eigenvalue weighted by Crippen LogP contribution is 2.40.